The number of thiazole rings is 1. The van der Waals surface area contributed by atoms with Crippen molar-refractivity contribution in [3.8, 4) is 5.75 Å². The Morgan fingerprint density at radius 2 is 2.08 bits per heavy atom. The van der Waals surface area contributed by atoms with Crippen LogP contribution in [0, 0.1) is 6.92 Å². The molecule has 3 rings (SSSR count). The van der Waals surface area contributed by atoms with E-state index in [4.69, 9.17) is 9.47 Å². The fourth-order valence-corrected chi connectivity index (χ4v) is 3.14. The van der Waals surface area contributed by atoms with E-state index < -0.39 is 24.4 Å². The molecule has 8 nitrogen and oxygen atoms in total. The number of amides is 2. The van der Waals surface area contributed by atoms with Crippen LogP contribution in [-0.2, 0) is 27.2 Å². The summed E-state index contributed by atoms with van der Waals surface area (Å²) in [4.78, 5) is 39.6. The normalized spacial score (nSPS) is 12.0. The third-order valence-electron chi connectivity index (χ3n) is 3.58. The molecule has 0 aliphatic carbocycles. The van der Waals surface area contributed by atoms with Crippen LogP contribution in [0.15, 0.2) is 23.6 Å². The molecular formula is C17H17N3O5S. The topological polar surface area (TPSA) is 107 Å². The highest BCUT2D eigenvalue weighted by atomic mass is 32.1. The molecule has 1 aromatic carbocycles. The van der Waals surface area contributed by atoms with Gasteiger partial charge in [0.15, 0.2) is 6.61 Å². The summed E-state index contributed by atoms with van der Waals surface area (Å²) >= 11 is 1.37. The van der Waals surface area contributed by atoms with Gasteiger partial charge in [0.2, 0.25) is 5.91 Å². The molecule has 0 fully saturated rings. The van der Waals surface area contributed by atoms with Crippen molar-refractivity contribution in [1.82, 2.24) is 15.8 Å². The number of esters is 1. The summed E-state index contributed by atoms with van der Waals surface area (Å²) in [5.74, 6) is -0.888. The van der Waals surface area contributed by atoms with E-state index >= 15 is 0 Å². The summed E-state index contributed by atoms with van der Waals surface area (Å²) < 4.78 is 10.3. The van der Waals surface area contributed by atoms with Crippen molar-refractivity contribution in [2.75, 3.05) is 13.2 Å². The first-order valence-corrected chi connectivity index (χ1v) is 8.81. The molecular weight excluding hydrogens is 358 g/mol. The molecule has 0 saturated heterocycles. The summed E-state index contributed by atoms with van der Waals surface area (Å²) in [6.07, 6.45) is 0.803. The molecule has 0 unspecified atom stereocenters. The molecule has 1 aromatic heterocycles. The highest BCUT2D eigenvalue weighted by molar-refractivity contribution is 7.09. The number of aryl methyl sites for hydroxylation is 1. The number of nitrogens with zero attached hydrogens (tertiary/aromatic N) is 1. The van der Waals surface area contributed by atoms with Gasteiger partial charge >= 0.3 is 5.97 Å². The average molecular weight is 375 g/mol. The molecule has 2 aromatic rings. The average Bonchev–Trinajstić information content (AvgIpc) is 3.25. The van der Waals surface area contributed by atoms with Gasteiger partial charge in [0, 0.05) is 17.5 Å². The molecule has 1 aliphatic rings. The van der Waals surface area contributed by atoms with Gasteiger partial charge in [-0.15, -0.1) is 11.3 Å². The number of nitrogens with one attached hydrogen (secondary N) is 2. The Labute approximate surface area is 153 Å². The molecule has 0 spiro atoms. The van der Waals surface area contributed by atoms with Gasteiger partial charge in [0.25, 0.3) is 5.91 Å². The van der Waals surface area contributed by atoms with Crippen molar-refractivity contribution in [2.45, 2.75) is 19.8 Å². The van der Waals surface area contributed by atoms with Crippen LogP contribution in [0.3, 0.4) is 0 Å². The summed E-state index contributed by atoms with van der Waals surface area (Å²) in [6, 6.07) is 4.99. The van der Waals surface area contributed by atoms with Crippen molar-refractivity contribution in [1.29, 1.82) is 0 Å². The monoisotopic (exact) mass is 375 g/mol. The van der Waals surface area contributed by atoms with Gasteiger partial charge in [-0.3, -0.25) is 20.4 Å². The zero-order valence-electron chi connectivity index (χ0n) is 14.0. The van der Waals surface area contributed by atoms with E-state index in [0.29, 0.717) is 17.2 Å². The van der Waals surface area contributed by atoms with Crippen molar-refractivity contribution < 1.29 is 23.9 Å². The number of ether oxygens (including phenoxy) is 2. The van der Waals surface area contributed by atoms with E-state index in [1.165, 1.54) is 11.3 Å². The molecule has 136 valence electrons. The second-order valence-electron chi connectivity index (χ2n) is 5.65. The van der Waals surface area contributed by atoms with Crippen LogP contribution in [0.2, 0.25) is 0 Å². The van der Waals surface area contributed by atoms with Crippen LogP contribution in [-0.4, -0.2) is 36.0 Å². The summed E-state index contributed by atoms with van der Waals surface area (Å²) in [5, 5.41) is 2.49. The van der Waals surface area contributed by atoms with Gasteiger partial charge in [-0.25, -0.2) is 9.78 Å². The lowest BCUT2D eigenvalue weighted by atomic mass is 10.1. The Morgan fingerprint density at radius 3 is 2.85 bits per heavy atom. The van der Waals surface area contributed by atoms with Crippen molar-refractivity contribution in [2.24, 2.45) is 0 Å². The van der Waals surface area contributed by atoms with Crippen LogP contribution in [0.4, 0.5) is 0 Å². The Kier molecular flexibility index (Phi) is 5.47. The number of rotatable bonds is 5. The molecule has 2 N–H and O–H groups in total. The van der Waals surface area contributed by atoms with E-state index in [2.05, 4.69) is 15.8 Å². The predicted octanol–water partition coefficient (Wildman–Crippen LogP) is 0.933. The quantitative estimate of drug-likeness (QED) is 0.595. The highest BCUT2D eigenvalue weighted by Crippen LogP contribution is 2.26. The largest absolute Gasteiger partial charge is 0.493 e. The fraction of sp³-hybridized carbons (Fsp3) is 0.294. The fourth-order valence-electron chi connectivity index (χ4n) is 2.37. The van der Waals surface area contributed by atoms with Crippen molar-refractivity contribution in [3.63, 3.8) is 0 Å². The molecule has 2 heterocycles. The molecule has 2 amide bonds. The zero-order valence-corrected chi connectivity index (χ0v) is 14.9. The number of carbonyl (C=O) groups excluding carboxylic acids is 3. The lowest BCUT2D eigenvalue weighted by Crippen LogP contribution is -2.44. The summed E-state index contributed by atoms with van der Waals surface area (Å²) in [5.41, 5.74) is 6.59. The molecule has 0 atom stereocenters. The van der Waals surface area contributed by atoms with E-state index in [-0.39, 0.29) is 6.42 Å². The van der Waals surface area contributed by atoms with Crippen LogP contribution in [0.1, 0.15) is 26.6 Å². The van der Waals surface area contributed by atoms with Crippen LogP contribution >= 0.6 is 11.3 Å². The molecule has 1 aliphatic heterocycles. The Morgan fingerprint density at radius 1 is 1.27 bits per heavy atom. The number of fused-ring (bicyclic) bond motifs is 1. The maximum Gasteiger partial charge on any atom is 0.338 e. The first-order chi connectivity index (χ1) is 12.5. The molecule has 9 heteroatoms. The third kappa shape index (κ3) is 4.57. The lowest BCUT2D eigenvalue weighted by molar-refractivity contribution is -0.130. The molecule has 0 radical (unpaired) electrons. The summed E-state index contributed by atoms with van der Waals surface area (Å²) in [6.45, 7) is 1.93. The lowest BCUT2D eigenvalue weighted by Gasteiger charge is -2.08. The number of aromatic nitrogens is 1. The SMILES string of the molecule is Cc1csc(CC(=O)NNC(=O)COC(=O)c2ccc3c(c2)CCO3)n1. The number of benzene rings is 1. The van der Waals surface area contributed by atoms with Crippen molar-refractivity contribution >= 4 is 29.1 Å². The number of hydrazine groups is 1. The number of hydrogen-bond acceptors (Lipinski definition) is 7. The van der Waals surface area contributed by atoms with Gasteiger partial charge in [-0.05, 0) is 30.7 Å². The highest BCUT2D eigenvalue weighted by Gasteiger charge is 2.17. The minimum atomic E-state index is -0.633. The van der Waals surface area contributed by atoms with Crippen LogP contribution in [0.5, 0.6) is 5.75 Å². The van der Waals surface area contributed by atoms with Gasteiger partial charge in [-0.2, -0.15) is 0 Å². The van der Waals surface area contributed by atoms with Gasteiger partial charge in [-0.1, -0.05) is 0 Å². The van der Waals surface area contributed by atoms with Crippen LogP contribution < -0.4 is 15.6 Å². The van der Waals surface area contributed by atoms with Gasteiger partial charge in [0.05, 0.1) is 18.6 Å². The smallest absolute Gasteiger partial charge is 0.338 e. The Bertz CT molecular complexity index is 849. The molecule has 26 heavy (non-hydrogen) atoms. The first kappa shape index (κ1) is 17.9. The first-order valence-electron chi connectivity index (χ1n) is 7.93. The minimum Gasteiger partial charge on any atom is -0.493 e. The Balaban J connectivity index is 1.41. The minimum absolute atomic E-state index is 0.0652. The number of hydrogen-bond donors (Lipinski definition) is 2. The summed E-state index contributed by atoms with van der Waals surface area (Å²) in [7, 11) is 0. The Hall–Kier alpha value is -2.94. The van der Waals surface area contributed by atoms with E-state index in [1.807, 2.05) is 12.3 Å². The van der Waals surface area contributed by atoms with Gasteiger partial charge < -0.3 is 9.47 Å². The maximum atomic E-state index is 12.0. The number of carbonyl (C=O) groups is 3. The van der Waals surface area contributed by atoms with Gasteiger partial charge in [0.1, 0.15) is 10.8 Å². The molecule has 0 saturated carbocycles. The maximum absolute atomic E-state index is 12.0. The molecule has 0 bridgehead atoms. The van der Waals surface area contributed by atoms with E-state index in [0.717, 1.165) is 23.4 Å². The second kappa shape index (κ2) is 7.96. The van der Waals surface area contributed by atoms with E-state index in [9.17, 15) is 14.4 Å². The predicted molar refractivity (Wildman–Crippen MR) is 92.8 cm³/mol. The van der Waals surface area contributed by atoms with E-state index in [1.54, 1.807) is 18.2 Å². The zero-order chi connectivity index (χ0) is 18.5. The van der Waals surface area contributed by atoms with Crippen LogP contribution in [0.25, 0.3) is 0 Å². The standard InChI is InChI=1S/C17H17N3O5S/c1-10-9-26-16(18-10)7-14(21)19-20-15(22)8-25-17(23)12-2-3-13-11(6-12)4-5-24-13/h2-3,6,9H,4-5,7-8H2,1H3,(H,19,21)(H,20,22). The second-order valence-corrected chi connectivity index (χ2v) is 6.60. The van der Waals surface area contributed by atoms with Crippen molar-refractivity contribution in [3.05, 3.63) is 45.4 Å². The third-order valence-corrected chi connectivity index (χ3v) is 4.55.